The van der Waals surface area contributed by atoms with Crippen LogP contribution in [-0.4, -0.2) is 25.5 Å². The van der Waals surface area contributed by atoms with Crippen LogP contribution in [0.3, 0.4) is 0 Å². The molecule has 0 heterocycles. The summed E-state index contributed by atoms with van der Waals surface area (Å²) in [6.07, 6.45) is 0.232. The number of carbonyl (C=O) groups excluding carboxylic acids is 2. The molecule has 0 aliphatic heterocycles. The number of fused-ring (bicyclic) bond motifs is 1. The molecule has 0 saturated carbocycles. The van der Waals surface area contributed by atoms with Crippen LogP contribution in [0.4, 0.5) is 0 Å². The quantitative estimate of drug-likeness (QED) is 0.647. The Balaban J connectivity index is 1.56. The van der Waals surface area contributed by atoms with Crippen molar-refractivity contribution < 1.29 is 14.3 Å². The standard InChI is InChI=1S/C24H26N2O3/c1-16-11-12-22(29-3)21(13-16)17(2)26-24(28)15-25-23(27)14-19-9-6-8-18-7-4-5-10-20(18)19/h4-13,17H,14-15H2,1-3H3,(H,25,27)(H,26,28)/t17-/m1/s1. The van der Waals surface area contributed by atoms with Gasteiger partial charge in [-0.1, -0.05) is 60.2 Å². The van der Waals surface area contributed by atoms with Crippen molar-refractivity contribution in [3.8, 4) is 5.75 Å². The molecular weight excluding hydrogens is 364 g/mol. The second-order valence-corrected chi connectivity index (χ2v) is 7.13. The molecule has 150 valence electrons. The van der Waals surface area contributed by atoms with Crippen LogP contribution < -0.4 is 15.4 Å². The minimum Gasteiger partial charge on any atom is -0.496 e. The van der Waals surface area contributed by atoms with Crippen LogP contribution in [0.5, 0.6) is 5.75 Å². The Kier molecular flexibility index (Phi) is 6.50. The van der Waals surface area contributed by atoms with Crippen molar-refractivity contribution in [1.82, 2.24) is 10.6 Å². The highest BCUT2D eigenvalue weighted by molar-refractivity contribution is 5.91. The predicted molar refractivity (Wildman–Crippen MR) is 115 cm³/mol. The van der Waals surface area contributed by atoms with Gasteiger partial charge < -0.3 is 15.4 Å². The summed E-state index contributed by atoms with van der Waals surface area (Å²) in [5.41, 5.74) is 2.94. The first-order chi connectivity index (χ1) is 14.0. The Morgan fingerprint density at radius 2 is 1.76 bits per heavy atom. The molecule has 29 heavy (non-hydrogen) atoms. The molecule has 3 aromatic rings. The normalized spacial score (nSPS) is 11.7. The van der Waals surface area contributed by atoms with E-state index in [0.717, 1.165) is 33.2 Å². The maximum absolute atomic E-state index is 12.4. The second kappa shape index (κ2) is 9.24. The van der Waals surface area contributed by atoms with E-state index in [-0.39, 0.29) is 30.8 Å². The molecule has 0 bridgehead atoms. The predicted octanol–water partition coefficient (Wildman–Crippen LogP) is 3.69. The molecule has 3 rings (SSSR count). The number of amides is 2. The summed E-state index contributed by atoms with van der Waals surface area (Å²) < 4.78 is 5.38. The van der Waals surface area contributed by atoms with Gasteiger partial charge in [0.25, 0.3) is 0 Å². The van der Waals surface area contributed by atoms with Crippen molar-refractivity contribution in [2.75, 3.05) is 13.7 Å². The third-order valence-corrected chi connectivity index (χ3v) is 4.91. The Bertz CT molecular complexity index is 1020. The molecular formula is C24H26N2O3. The van der Waals surface area contributed by atoms with E-state index in [1.54, 1.807) is 7.11 Å². The molecule has 2 N–H and O–H groups in total. The zero-order valence-corrected chi connectivity index (χ0v) is 17.0. The van der Waals surface area contributed by atoms with Crippen LogP contribution in [0.1, 0.15) is 29.7 Å². The average molecular weight is 390 g/mol. The third kappa shape index (κ3) is 5.13. The van der Waals surface area contributed by atoms with Crippen molar-refractivity contribution in [1.29, 1.82) is 0 Å². The highest BCUT2D eigenvalue weighted by Gasteiger charge is 2.15. The smallest absolute Gasteiger partial charge is 0.239 e. The highest BCUT2D eigenvalue weighted by atomic mass is 16.5. The summed E-state index contributed by atoms with van der Waals surface area (Å²) in [5, 5.41) is 7.77. The zero-order chi connectivity index (χ0) is 20.8. The fourth-order valence-electron chi connectivity index (χ4n) is 3.42. The summed E-state index contributed by atoms with van der Waals surface area (Å²) in [5.74, 6) is 0.299. The molecule has 0 saturated heterocycles. The van der Waals surface area contributed by atoms with Crippen LogP contribution in [0.25, 0.3) is 10.8 Å². The number of rotatable bonds is 7. The number of carbonyl (C=O) groups is 2. The van der Waals surface area contributed by atoms with Crippen LogP contribution in [0, 0.1) is 6.92 Å². The molecule has 1 atom stereocenters. The number of hydrogen-bond donors (Lipinski definition) is 2. The summed E-state index contributed by atoms with van der Waals surface area (Å²) in [6.45, 7) is 3.82. The van der Waals surface area contributed by atoms with Gasteiger partial charge >= 0.3 is 0 Å². The first kappa shape index (κ1) is 20.4. The summed E-state index contributed by atoms with van der Waals surface area (Å²) in [6, 6.07) is 19.5. The van der Waals surface area contributed by atoms with Crippen molar-refractivity contribution >= 4 is 22.6 Å². The van der Waals surface area contributed by atoms with Gasteiger partial charge in [-0.3, -0.25) is 9.59 Å². The molecule has 0 aromatic heterocycles. The second-order valence-electron chi connectivity index (χ2n) is 7.13. The lowest BCUT2D eigenvalue weighted by molar-refractivity contribution is -0.126. The van der Waals surface area contributed by atoms with Crippen LogP contribution >= 0.6 is 0 Å². The minimum absolute atomic E-state index is 0.0674. The number of methoxy groups -OCH3 is 1. The fraction of sp³-hybridized carbons (Fsp3) is 0.250. The van der Waals surface area contributed by atoms with Crippen molar-refractivity contribution in [3.63, 3.8) is 0 Å². The van der Waals surface area contributed by atoms with E-state index in [9.17, 15) is 9.59 Å². The summed E-state index contributed by atoms with van der Waals surface area (Å²) in [7, 11) is 1.61. The maximum atomic E-state index is 12.4. The zero-order valence-electron chi connectivity index (χ0n) is 17.0. The van der Waals surface area contributed by atoms with Crippen LogP contribution in [0.2, 0.25) is 0 Å². The number of hydrogen-bond acceptors (Lipinski definition) is 3. The van der Waals surface area contributed by atoms with Crippen molar-refractivity contribution in [2.45, 2.75) is 26.3 Å². The van der Waals surface area contributed by atoms with E-state index < -0.39 is 0 Å². The van der Waals surface area contributed by atoms with Gasteiger partial charge in [0, 0.05) is 5.56 Å². The van der Waals surface area contributed by atoms with Gasteiger partial charge in [0.15, 0.2) is 0 Å². The molecule has 0 radical (unpaired) electrons. The van der Waals surface area contributed by atoms with Crippen molar-refractivity contribution in [2.24, 2.45) is 0 Å². The molecule has 0 fully saturated rings. The Hall–Kier alpha value is -3.34. The topological polar surface area (TPSA) is 67.4 Å². The summed E-state index contributed by atoms with van der Waals surface area (Å²) in [4.78, 5) is 24.7. The van der Waals surface area contributed by atoms with E-state index in [4.69, 9.17) is 4.74 Å². The van der Waals surface area contributed by atoms with E-state index in [1.165, 1.54) is 0 Å². The highest BCUT2D eigenvalue weighted by Crippen LogP contribution is 2.26. The van der Waals surface area contributed by atoms with Gasteiger partial charge in [0.1, 0.15) is 5.75 Å². The molecule has 0 spiro atoms. The monoisotopic (exact) mass is 390 g/mol. The first-order valence-corrected chi connectivity index (χ1v) is 9.65. The van der Waals surface area contributed by atoms with E-state index in [1.807, 2.05) is 74.5 Å². The first-order valence-electron chi connectivity index (χ1n) is 9.65. The van der Waals surface area contributed by atoms with E-state index in [2.05, 4.69) is 10.6 Å². The fourth-order valence-corrected chi connectivity index (χ4v) is 3.42. The van der Waals surface area contributed by atoms with Crippen LogP contribution in [0.15, 0.2) is 60.7 Å². The van der Waals surface area contributed by atoms with Gasteiger partial charge in [-0.15, -0.1) is 0 Å². The SMILES string of the molecule is COc1ccc(C)cc1[C@@H](C)NC(=O)CNC(=O)Cc1cccc2ccccc12. The number of ether oxygens (including phenoxy) is 1. The molecule has 0 aliphatic carbocycles. The Morgan fingerprint density at radius 3 is 2.55 bits per heavy atom. The van der Waals surface area contributed by atoms with Gasteiger partial charge in [-0.25, -0.2) is 0 Å². The molecule has 2 amide bonds. The molecule has 5 nitrogen and oxygen atoms in total. The summed E-state index contributed by atoms with van der Waals surface area (Å²) >= 11 is 0. The maximum Gasteiger partial charge on any atom is 0.239 e. The minimum atomic E-state index is -0.243. The van der Waals surface area contributed by atoms with Crippen molar-refractivity contribution in [3.05, 3.63) is 77.4 Å². The molecule has 3 aromatic carbocycles. The Labute approximate surface area is 171 Å². The molecule has 5 heteroatoms. The number of aryl methyl sites for hydroxylation is 1. The number of nitrogens with one attached hydrogen (secondary N) is 2. The largest absolute Gasteiger partial charge is 0.496 e. The Morgan fingerprint density at radius 1 is 1.00 bits per heavy atom. The third-order valence-electron chi connectivity index (χ3n) is 4.91. The van der Waals surface area contributed by atoms with Crippen LogP contribution in [-0.2, 0) is 16.0 Å². The van der Waals surface area contributed by atoms with Gasteiger partial charge in [-0.05, 0) is 36.2 Å². The lowest BCUT2D eigenvalue weighted by Gasteiger charge is -2.18. The molecule has 0 unspecified atom stereocenters. The molecule has 0 aliphatic rings. The lowest BCUT2D eigenvalue weighted by atomic mass is 10.0. The van der Waals surface area contributed by atoms with Gasteiger partial charge in [0.05, 0.1) is 26.1 Å². The van der Waals surface area contributed by atoms with Gasteiger partial charge in [0.2, 0.25) is 11.8 Å². The van der Waals surface area contributed by atoms with Gasteiger partial charge in [-0.2, -0.15) is 0 Å². The lowest BCUT2D eigenvalue weighted by Crippen LogP contribution is -2.38. The number of benzene rings is 3. The van der Waals surface area contributed by atoms with E-state index >= 15 is 0 Å². The van der Waals surface area contributed by atoms with E-state index in [0.29, 0.717) is 0 Å². The average Bonchev–Trinajstić information content (AvgIpc) is 2.72.